The number of nitrogens with zero attached hydrogens (tertiary/aromatic N) is 5. The average molecular weight is 1110 g/mol. The van der Waals surface area contributed by atoms with Crippen LogP contribution in [-0.4, -0.2) is 79.5 Å². The Balaban J connectivity index is 1.28. The number of nitrogens with one attached hydrogen (secondary N) is 1. The van der Waals surface area contributed by atoms with E-state index in [0.29, 0.717) is 44.0 Å². The molecular formula is C54H57Cl2N6O8PS2Si. The van der Waals surface area contributed by atoms with Crippen LogP contribution in [0.5, 0.6) is 11.5 Å². The summed E-state index contributed by atoms with van der Waals surface area (Å²) < 4.78 is 49.2. The van der Waals surface area contributed by atoms with Gasteiger partial charge in [0.25, 0.3) is 5.91 Å². The van der Waals surface area contributed by atoms with Gasteiger partial charge in [-0.15, -0.1) is 0 Å². The van der Waals surface area contributed by atoms with Crippen molar-refractivity contribution in [2.24, 2.45) is 0 Å². The van der Waals surface area contributed by atoms with Crippen LogP contribution < -0.4 is 14.8 Å². The van der Waals surface area contributed by atoms with E-state index in [1.54, 1.807) is 61.5 Å². The van der Waals surface area contributed by atoms with Crippen molar-refractivity contribution in [2.75, 3.05) is 32.8 Å². The molecule has 1 N–H and O–H groups in total. The third-order valence-electron chi connectivity index (χ3n) is 13.2. The maximum absolute atomic E-state index is 13.5. The largest absolute Gasteiger partial charge is 0.497 e. The van der Waals surface area contributed by atoms with Gasteiger partial charge in [0.2, 0.25) is 5.69 Å². The number of carbonyl (C=O) groups excluding carboxylic acids is 1. The summed E-state index contributed by atoms with van der Waals surface area (Å²) in [6.45, 7) is 10.8. The van der Waals surface area contributed by atoms with Crippen LogP contribution >= 0.6 is 40.3 Å². The molecule has 386 valence electrons. The predicted molar refractivity (Wildman–Crippen MR) is 297 cm³/mol. The molecule has 0 aliphatic carbocycles. The molecule has 0 bridgehead atoms. The van der Waals surface area contributed by atoms with Gasteiger partial charge in [-0.1, -0.05) is 134 Å². The van der Waals surface area contributed by atoms with Crippen molar-refractivity contribution in [3.8, 4) is 17.6 Å². The third-order valence-corrected chi connectivity index (χ3v) is 23.4. The maximum Gasteiger partial charge on any atom is 0.256 e. The Morgan fingerprint density at radius 2 is 1.49 bits per heavy atom. The topological polar surface area (TPSA) is 161 Å². The number of ether oxygens (including phenoxy) is 4. The van der Waals surface area contributed by atoms with E-state index in [-0.39, 0.29) is 36.4 Å². The molecule has 2 aromatic heterocycles. The Hall–Kier alpha value is -5.19. The van der Waals surface area contributed by atoms with Gasteiger partial charge in [0.05, 0.1) is 46.3 Å². The van der Waals surface area contributed by atoms with Gasteiger partial charge in [0.15, 0.2) is 31.5 Å². The zero-order valence-corrected chi connectivity index (χ0v) is 47.0. The van der Waals surface area contributed by atoms with Crippen LogP contribution in [0.15, 0.2) is 140 Å². The summed E-state index contributed by atoms with van der Waals surface area (Å²) in [6.07, 6.45) is -0.766. The summed E-state index contributed by atoms with van der Waals surface area (Å²) in [5, 5.41) is 13.3. The second-order valence-corrected chi connectivity index (χ2v) is 30.7. The van der Waals surface area contributed by atoms with Crippen molar-refractivity contribution in [1.29, 1.82) is 5.26 Å². The van der Waals surface area contributed by atoms with Crippen molar-refractivity contribution >= 4 is 83.3 Å². The standard InChI is InChI=1S/C54H57Cl2N6O8PS2Si/c1-53(2,3)74(6,7)70-47-45(32-66-54(38-17-12-9-13-18-38,39-20-25-42(64-4)26-21-39)40-22-27-43(65-5)28-23-40)68-52(48(47)69-71(72,67-30-14-29-57)73-33-37-19-24-41(55)31-44(37)56)62-35-60-46-49(58-34-59-50(46)62)61-51(63)36-15-10-8-11-16-36/h8-13,15-28,31,34-35,45,47-48,52H,14,30,32-33H2,1-7H3,(H,58,59,61,63)/t45-,47-,48-,52-,71?/m1/s1. The van der Waals surface area contributed by atoms with Crippen molar-refractivity contribution in [2.45, 2.75) is 81.2 Å². The number of hydrogen-bond donors (Lipinski definition) is 1. The molecule has 1 aliphatic heterocycles. The average Bonchev–Trinajstić information content (AvgIpc) is 3.97. The highest BCUT2D eigenvalue weighted by Gasteiger charge is 2.54. The van der Waals surface area contributed by atoms with E-state index in [0.717, 1.165) is 22.3 Å². The molecule has 5 aromatic carbocycles. The number of carbonyl (C=O) groups is 1. The Kier molecular flexibility index (Phi) is 17.7. The first-order valence-electron chi connectivity index (χ1n) is 23.7. The molecule has 1 aliphatic rings. The van der Waals surface area contributed by atoms with Gasteiger partial charge < -0.3 is 37.7 Å². The molecule has 74 heavy (non-hydrogen) atoms. The molecule has 3 heterocycles. The summed E-state index contributed by atoms with van der Waals surface area (Å²) in [4.78, 5) is 27.4. The Morgan fingerprint density at radius 1 is 0.865 bits per heavy atom. The van der Waals surface area contributed by atoms with Gasteiger partial charge >= 0.3 is 0 Å². The fourth-order valence-corrected chi connectivity index (χ4v) is 14.5. The van der Waals surface area contributed by atoms with Gasteiger partial charge in [0.1, 0.15) is 41.7 Å². The number of benzene rings is 5. The summed E-state index contributed by atoms with van der Waals surface area (Å²) in [5.74, 6) is 1.48. The fourth-order valence-electron chi connectivity index (χ4n) is 8.26. The van der Waals surface area contributed by atoms with Crippen molar-refractivity contribution in [1.82, 2.24) is 19.5 Å². The number of imidazole rings is 1. The normalized spacial score (nSPS) is 17.9. The second kappa shape index (κ2) is 23.8. The van der Waals surface area contributed by atoms with Crippen LogP contribution in [0.1, 0.15) is 66.0 Å². The first kappa shape index (κ1) is 55.1. The lowest BCUT2D eigenvalue weighted by Crippen LogP contribution is -2.50. The van der Waals surface area contributed by atoms with Crippen LogP contribution in [0.2, 0.25) is 28.2 Å². The fraction of sp³-hybridized carbons (Fsp3) is 0.315. The molecule has 0 radical (unpaired) electrons. The van der Waals surface area contributed by atoms with Crippen LogP contribution in [0, 0.1) is 11.3 Å². The van der Waals surface area contributed by atoms with E-state index >= 15 is 0 Å². The van der Waals surface area contributed by atoms with E-state index in [1.807, 2.05) is 91.0 Å². The number of rotatable bonds is 21. The smallest absolute Gasteiger partial charge is 0.256 e. The predicted octanol–water partition coefficient (Wildman–Crippen LogP) is 13.2. The van der Waals surface area contributed by atoms with E-state index in [1.165, 1.54) is 17.7 Å². The number of nitriles is 1. The molecule has 1 unspecified atom stereocenters. The molecule has 0 spiro atoms. The molecule has 14 nitrogen and oxygen atoms in total. The van der Waals surface area contributed by atoms with E-state index in [4.69, 9.17) is 77.4 Å². The number of amides is 1. The summed E-state index contributed by atoms with van der Waals surface area (Å²) in [6, 6.07) is 41.9. The number of methoxy groups -OCH3 is 2. The van der Waals surface area contributed by atoms with Gasteiger partial charge in [-0.05, 0) is 101 Å². The third kappa shape index (κ3) is 12.2. The first-order valence-corrected chi connectivity index (χ1v) is 31.6. The highest BCUT2D eigenvalue weighted by atomic mass is 35.5. The number of fused-ring (bicyclic) bond motifs is 1. The Bertz CT molecular complexity index is 3080. The lowest BCUT2D eigenvalue weighted by Gasteiger charge is -2.42. The molecule has 1 saturated heterocycles. The van der Waals surface area contributed by atoms with E-state index in [2.05, 4.69) is 50.2 Å². The van der Waals surface area contributed by atoms with Crippen LogP contribution in [0.4, 0.5) is 5.82 Å². The minimum Gasteiger partial charge on any atom is -0.497 e. The molecule has 20 heteroatoms. The van der Waals surface area contributed by atoms with Crippen LogP contribution in [-0.2, 0) is 46.1 Å². The quantitative estimate of drug-likeness (QED) is 0.0313. The van der Waals surface area contributed by atoms with Gasteiger partial charge in [-0.3, -0.25) is 9.36 Å². The zero-order chi connectivity index (χ0) is 52.7. The Morgan fingerprint density at radius 3 is 2.08 bits per heavy atom. The number of aromatic nitrogens is 4. The molecular weight excluding hydrogens is 1050 g/mol. The van der Waals surface area contributed by atoms with Crippen molar-refractivity contribution < 1.29 is 37.2 Å². The number of halogens is 2. The zero-order valence-electron chi connectivity index (χ0n) is 41.9. The van der Waals surface area contributed by atoms with E-state index in [9.17, 15) is 10.1 Å². The maximum atomic E-state index is 13.5. The highest BCUT2D eigenvalue weighted by molar-refractivity contribution is 8.67. The molecule has 7 aromatic rings. The van der Waals surface area contributed by atoms with Gasteiger partial charge in [-0.25, -0.2) is 15.0 Å². The summed E-state index contributed by atoms with van der Waals surface area (Å²) in [5.41, 5.74) is -0.365. The Labute approximate surface area is 452 Å². The molecule has 8 rings (SSSR count). The van der Waals surface area contributed by atoms with Crippen molar-refractivity contribution in [3.63, 3.8) is 0 Å². The SMILES string of the molecule is COc1ccc(C(OC[C@H]2O[C@@H](n3cnc4c(NC(=O)c5ccccc5)ncnc43)[C@H](OP(=S)(OCCC#N)SCc3ccc(Cl)cc3Cl)[C@@H]2O[Si](C)(C)C(C)(C)C)(c2ccccc2)c2ccc(OC)cc2)cc1. The molecule has 1 amide bonds. The molecule has 0 saturated carbocycles. The lowest BCUT2D eigenvalue weighted by molar-refractivity contribution is -0.0926. The molecule has 5 atom stereocenters. The number of anilines is 1. The van der Waals surface area contributed by atoms with Gasteiger partial charge in [0, 0.05) is 21.4 Å². The first-order chi connectivity index (χ1) is 35.5. The van der Waals surface area contributed by atoms with Crippen LogP contribution in [0.3, 0.4) is 0 Å². The second-order valence-electron chi connectivity index (χ2n) is 18.9. The highest BCUT2D eigenvalue weighted by Crippen LogP contribution is 2.65. The number of hydrogen-bond acceptors (Lipinski definition) is 14. The molecule has 1 fully saturated rings. The monoisotopic (exact) mass is 1110 g/mol. The van der Waals surface area contributed by atoms with Crippen LogP contribution in [0.25, 0.3) is 11.2 Å². The summed E-state index contributed by atoms with van der Waals surface area (Å²) in [7, 11) is 0.517. The van der Waals surface area contributed by atoms with E-state index < -0.39 is 44.2 Å². The van der Waals surface area contributed by atoms with Gasteiger partial charge in [-0.2, -0.15) is 5.26 Å². The minimum absolute atomic E-state index is 0.00267. The minimum atomic E-state index is -3.46. The van der Waals surface area contributed by atoms with Crippen molar-refractivity contribution in [3.05, 3.63) is 178 Å². The lowest BCUT2D eigenvalue weighted by atomic mass is 9.80. The summed E-state index contributed by atoms with van der Waals surface area (Å²) >= 11 is 20.8.